The summed E-state index contributed by atoms with van der Waals surface area (Å²) in [7, 11) is 3.18. The molecule has 1 aliphatic heterocycles. The number of carbonyl (C=O) groups excluding carboxylic acids is 1. The van der Waals surface area contributed by atoms with Gasteiger partial charge in [-0.1, -0.05) is 0 Å². The van der Waals surface area contributed by atoms with Gasteiger partial charge in [0.05, 0.1) is 55.6 Å². The summed E-state index contributed by atoms with van der Waals surface area (Å²) in [6, 6.07) is 11.2. The van der Waals surface area contributed by atoms with E-state index in [1.165, 1.54) is 0 Å². The third kappa shape index (κ3) is 2.77. The maximum Gasteiger partial charge on any atom is 0.238 e. The summed E-state index contributed by atoms with van der Waals surface area (Å²) in [6.45, 7) is 0. The predicted octanol–water partition coefficient (Wildman–Crippen LogP) is 3.26. The van der Waals surface area contributed by atoms with Crippen LogP contribution >= 0.6 is 0 Å². The Hall–Kier alpha value is -3.94. The second kappa shape index (κ2) is 6.59. The molecule has 29 heavy (non-hydrogen) atoms. The van der Waals surface area contributed by atoms with E-state index in [4.69, 9.17) is 14.5 Å². The molecule has 1 amide bonds. The molecule has 3 heterocycles. The van der Waals surface area contributed by atoms with Crippen LogP contribution in [0, 0.1) is 0 Å². The van der Waals surface area contributed by atoms with Crippen molar-refractivity contribution >= 4 is 28.3 Å². The van der Waals surface area contributed by atoms with Crippen molar-refractivity contribution in [2.75, 3.05) is 19.1 Å². The summed E-state index contributed by atoms with van der Waals surface area (Å²) in [5.41, 5.74) is 3.70. The monoisotopic (exact) mass is 387 g/mol. The van der Waals surface area contributed by atoms with Crippen molar-refractivity contribution in [2.24, 2.45) is 0 Å². The van der Waals surface area contributed by atoms with Crippen LogP contribution in [0.3, 0.4) is 0 Å². The van der Waals surface area contributed by atoms with Crippen LogP contribution in [0.2, 0.25) is 0 Å². The molecule has 0 atom stereocenters. The first-order valence-electron chi connectivity index (χ1n) is 9.02. The molecule has 144 valence electrons. The number of hydrogen-bond acceptors (Lipinski definition) is 6. The van der Waals surface area contributed by atoms with Crippen LogP contribution in [0.5, 0.6) is 11.5 Å². The number of amides is 1. The molecule has 1 aliphatic rings. The number of nitrogens with one attached hydrogen (secondary N) is 1. The van der Waals surface area contributed by atoms with Crippen molar-refractivity contribution in [3.63, 3.8) is 0 Å². The normalized spacial score (nSPS) is 13.0. The summed E-state index contributed by atoms with van der Waals surface area (Å²) in [5, 5.41) is 7.95. The number of anilines is 2. The highest BCUT2D eigenvalue weighted by Crippen LogP contribution is 2.37. The van der Waals surface area contributed by atoms with Gasteiger partial charge < -0.3 is 9.47 Å². The zero-order chi connectivity index (χ0) is 20.0. The highest BCUT2D eigenvalue weighted by molar-refractivity contribution is 6.06. The minimum Gasteiger partial charge on any atom is -0.493 e. The summed E-state index contributed by atoms with van der Waals surface area (Å²) in [6.07, 6.45) is 3.64. The van der Waals surface area contributed by atoms with Gasteiger partial charge in [0.2, 0.25) is 5.91 Å². The Morgan fingerprint density at radius 3 is 2.72 bits per heavy atom. The Morgan fingerprint density at radius 2 is 1.90 bits per heavy atom. The third-order valence-corrected chi connectivity index (χ3v) is 4.97. The number of hydrogen-bond donors (Lipinski definition) is 1. The van der Waals surface area contributed by atoms with E-state index in [-0.39, 0.29) is 12.3 Å². The average Bonchev–Trinajstić information content (AvgIpc) is 3.35. The quantitative estimate of drug-likeness (QED) is 0.578. The van der Waals surface area contributed by atoms with Crippen molar-refractivity contribution < 1.29 is 14.3 Å². The van der Waals surface area contributed by atoms with E-state index < -0.39 is 0 Å². The molecule has 0 saturated heterocycles. The van der Waals surface area contributed by atoms with Gasteiger partial charge in [0, 0.05) is 10.9 Å². The zero-order valence-corrected chi connectivity index (χ0v) is 15.8. The topological polar surface area (TPSA) is 93.2 Å². The first-order chi connectivity index (χ1) is 14.2. The first-order valence-corrected chi connectivity index (χ1v) is 9.02. The largest absolute Gasteiger partial charge is 0.493 e. The second-order valence-electron chi connectivity index (χ2n) is 6.64. The standard InChI is InChI=1S/C21H17N5O3/c1-28-18-6-4-12(7-19(18)29-2)17-11-22-16-9-20(27)26(21(16)24-17)14-5-3-13-10-23-25-15(13)8-14/h3-8,10-11H,9H2,1-2H3,(H,23,25). The summed E-state index contributed by atoms with van der Waals surface area (Å²) in [5.74, 6) is 1.71. The number of aromatic amines is 1. The van der Waals surface area contributed by atoms with Gasteiger partial charge in [-0.15, -0.1) is 0 Å². The molecule has 8 nitrogen and oxygen atoms in total. The smallest absolute Gasteiger partial charge is 0.238 e. The Morgan fingerprint density at radius 1 is 1.03 bits per heavy atom. The lowest BCUT2D eigenvalue weighted by Gasteiger charge is -2.17. The molecule has 0 spiro atoms. The van der Waals surface area contributed by atoms with Crippen LogP contribution in [-0.2, 0) is 11.2 Å². The van der Waals surface area contributed by atoms with Gasteiger partial charge in [0.25, 0.3) is 0 Å². The molecule has 8 heteroatoms. The van der Waals surface area contributed by atoms with Crippen LogP contribution in [0.15, 0.2) is 48.8 Å². The van der Waals surface area contributed by atoms with Gasteiger partial charge in [-0.05, 0) is 36.4 Å². The fraction of sp³-hybridized carbons (Fsp3) is 0.143. The van der Waals surface area contributed by atoms with Gasteiger partial charge in [0.15, 0.2) is 17.3 Å². The molecule has 0 bridgehead atoms. The van der Waals surface area contributed by atoms with Crippen molar-refractivity contribution in [3.05, 3.63) is 54.5 Å². The number of fused-ring (bicyclic) bond motifs is 2. The number of carbonyl (C=O) groups is 1. The van der Waals surface area contributed by atoms with E-state index in [0.717, 1.165) is 22.2 Å². The minimum absolute atomic E-state index is 0.0664. The molecule has 0 unspecified atom stereocenters. The molecule has 1 N–H and O–H groups in total. The number of aromatic nitrogens is 4. The van der Waals surface area contributed by atoms with Crippen LogP contribution in [-0.4, -0.2) is 40.3 Å². The SMILES string of the molecule is COc1ccc(-c2cnc3c(n2)N(c2ccc4cn[nH]c4c2)C(=O)C3)cc1OC. The highest BCUT2D eigenvalue weighted by Gasteiger charge is 2.32. The van der Waals surface area contributed by atoms with Gasteiger partial charge in [0.1, 0.15) is 0 Å². The van der Waals surface area contributed by atoms with E-state index >= 15 is 0 Å². The molecule has 0 fully saturated rings. The van der Waals surface area contributed by atoms with Crippen LogP contribution in [0.1, 0.15) is 5.69 Å². The molecule has 2 aromatic heterocycles. The Kier molecular flexibility index (Phi) is 3.90. The van der Waals surface area contributed by atoms with Crippen molar-refractivity contribution in [3.8, 4) is 22.8 Å². The van der Waals surface area contributed by atoms with E-state index in [0.29, 0.717) is 28.7 Å². The van der Waals surface area contributed by atoms with E-state index in [1.807, 2.05) is 36.4 Å². The van der Waals surface area contributed by atoms with Gasteiger partial charge in [-0.25, -0.2) is 4.98 Å². The van der Waals surface area contributed by atoms with Gasteiger partial charge in [-0.3, -0.25) is 19.8 Å². The van der Waals surface area contributed by atoms with Gasteiger partial charge in [-0.2, -0.15) is 5.10 Å². The van der Waals surface area contributed by atoms with Gasteiger partial charge >= 0.3 is 0 Å². The summed E-state index contributed by atoms with van der Waals surface area (Å²) < 4.78 is 10.7. The fourth-order valence-corrected chi connectivity index (χ4v) is 3.51. The molecule has 0 aliphatic carbocycles. The molecule has 0 saturated carbocycles. The fourth-order valence-electron chi connectivity index (χ4n) is 3.51. The predicted molar refractivity (Wildman–Crippen MR) is 108 cm³/mol. The molecule has 2 aromatic carbocycles. The van der Waals surface area contributed by atoms with E-state index in [2.05, 4.69) is 15.2 Å². The minimum atomic E-state index is -0.0664. The van der Waals surface area contributed by atoms with Crippen molar-refractivity contribution in [2.45, 2.75) is 6.42 Å². The molecular weight excluding hydrogens is 370 g/mol. The van der Waals surface area contributed by atoms with Crippen LogP contribution in [0.25, 0.3) is 22.2 Å². The second-order valence-corrected chi connectivity index (χ2v) is 6.64. The molecular formula is C21H17N5O3. The Balaban J connectivity index is 1.59. The molecule has 5 rings (SSSR count). The van der Waals surface area contributed by atoms with Crippen molar-refractivity contribution in [1.82, 2.24) is 20.2 Å². The van der Waals surface area contributed by atoms with Crippen molar-refractivity contribution in [1.29, 1.82) is 0 Å². The zero-order valence-electron chi connectivity index (χ0n) is 15.8. The number of H-pyrrole nitrogens is 1. The number of benzene rings is 2. The highest BCUT2D eigenvalue weighted by atomic mass is 16.5. The lowest BCUT2D eigenvalue weighted by atomic mass is 10.1. The summed E-state index contributed by atoms with van der Waals surface area (Å²) in [4.78, 5) is 23.6. The average molecular weight is 387 g/mol. The Labute approximate surface area is 166 Å². The van der Waals surface area contributed by atoms with Crippen LogP contribution in [0.4, 0.5) is 11.5 Å². The molecule has 4 aromatic rings. The Bertz CT molecular complexity index is 1250. The van der Waals surface area contributed by atoms with Crippen LogP contribution < -0.4 is 14.4 Å². The number of methoxy groups -OCH3 is 2. The lowest BCUT2D eigenvalue weighted by Crippen LogP contribution is -2.21. The lowest BCUT2D eigenvalue weighted by molar-refractivity contribution is -0.116. The number of rotatable bonds is 4. The first kappa shape index (κ1) is 17.2. The molecule has 0 radical (unpaired) electrons. The van der Waals surface area contributed by atoms with E-state index in [1.54, 1.807) is 31.5 Å². The maximum absolute atomic E-state index is 12.7. The van der Waals surface area contributed by atoms with E-state index in [9.17, 15) is 4.79 Å². The third-order valence-electron chi connectivity index (χ3n) is 4.97. The summed E-state index contributed by atoms with van der Waals surface area (Å²) >= 11 is 0. The maximum atomic E-state index is 12.7. The number of ether oxygens (including phenoxy) is 2. The number of nitrogens with zero attached hydrogens (tertiary/aromatic N) is 4.